The molecule has 0 aliphatic carbocycles. The number of aryl methyl sites for hydroxylation is 1. The summed E-state index contributed by atoms with van der Waals surface area (Å²) in [4.78, 5) is 4.98. The summed E-state index contributed by atoms with van der Waals surface area (Å²) in [5.41, 5.74) is 9.45. The van der Waals surface area contributed by atoms with Gasteiger partial charge in [-0.1, -0.05) is 116 Å². The lowest BCUT2D eigenvalue weighted by Gasteiger charge is -2.43. The number of aliphatic hydroxyl groups is 1. The van der Waals surface area contributed by atoms with Crippen molar-refractivity contribution in [3.05, 3.63) is 178 Å². The predicted molar refractivity (Wildman–Crippen MR) is 209 cm³/mol. The highest BCUT2D eigenvalue weighted by atomic mass is 32.2. The molecule has 1 aliphatic heterocycles. The predicted octanol–water partition coefficient (Wildman–Crippen LogP) is 8.21. The van der Waals surface area contributed by atoms with Crippen molar-refractivity contribution >= 4 is 24.3 Å². The van der Waals surface area contributed by atoms with Crippen LogP contribution in [0.4, 0.5) is 8.78 Å². The van der Waals surface area contributed by atoms with E-state index in [0.717, 1.165) is 40.7 Å². The smallest absolute Gasteiger partial charge is 0.155 e. The molecule has 0 radical (unpaired) electrons. The number of halogens is 2. The van der Waals surface area contributed by atoms with Crippen molar-refractivity contribution < 1.29 is 13.9 Å². The third-order valence-electron chi connectivity index (χ3n) is 9.58. The van der Waals surface area contributed by atoms with Crippen LogP contribution in [0.5, 0.6) is 0 Å². The Hall–Kier alpha value is -4.83. The fraction of sp³-hybridized carbons (Fsp3) is 0.256. The summed E-state index contributed by atoms with van der Waals surface area (Å²) in [5.74, 6) is 0.905. The molecule has 6 rings (SSSR count). The van der Waals surface area contributed by atoms with Gasteiger partial charge in [0.1, 0.15) is 17.5 Å². The number of benzene rings is 5. The van der Waals surface area contributed by atoms with Gasteiger partial charge < -0.3 is 10.4 Å². The van der Waals surface area contributed by atoms with Gasteiger partial charge in [-0.3, -0.25) is 10.4 Å². The van der Waals surface area contributed by atoms with Gasteiger partial charge in [-0.15, -0.1) is 0 Å². The fourth-order valence-corrected chi connectivity index (χ4v) is 8.20. The molecule has 5 aromatic carbocycles. The topological polar surface area (TPSA) is 72.2 Å². The Morgan fingerprint density at radius 3 is 1.98 bits per heavy atom. The number of hydrogen-bond donors (Lipinski definition) is 3. The average molecular weight is 718 g/mol. The van der Waals surface area contributed by atoms with E-state index in [-0.39, 0.29) is 19.0 Å². The Labute approximate surface area is 309 Å². The summed E-state index contributed by atoms with van der Waals surface area (Å²) < 4.78 is 28.8. The minimum atomic E-state index is -0.986. The zero-order valence-electron chi connectivity index (χ0n) is 29.6. The molecule has 0 bridgehead atoms. The molecule has 52 heavy (non-hydrogen) atoms. The van der Waals surface area contributed by atoms with E-state index in [4.69, 9.17) is 4.99 Å². The van der Waals surface area contributed by atoms with Gasteiger partial charge in [-0.05, 0) is 70.8 Å². The Morgan fingerprint density at radius 2 is 1.44 bits per heavy atom. The van der Waals surface area contributed by atoms with Gasteiger partial charge in [0.05, 0.1) is 12.1 Å². The number of rotatable bonds is 14. The highest BCUT2D eigenvalue weighted by Crippen LogP contribution is 2.41. The fourth-order valence-electron chi connectivity index (χ4n) is 7.06. The molecule has 3 unspecified atom stereocenters. The molecule has 0 fully saturated rings. The SMILES string of the molecule is C=NN(NC(C)=NC(Cc1cc(F)cc(F)c1)C(O)CNC1CSCc2ccc(CC)cc21)C(c1ccccc1)(c1ccccc1)c1ccccc1. The number of hydrogen-bond acceptors (Lipinski definition) is 6. The molecule has 6 nitrogen and oxygen atoms in total. The van der Waals surface area contributed by atoms with Gasteiger partial charge in [0.15, 0.2) is 5.54 Å². The molecule has 0 spiro atoms. The van der Waals surface area contributed by atoms with Crippen LogP contribution in [-0.4, -0.2) is 47.2 Å². The van der Waals surface area contributed by atoms with Crippen molar-refractivity contribution in [3.8, 4) is 0 Å². The zero-order chi connectivity index (χ0) is 36.5. The van der Waals surface area contributed by atoms with Gasteiger partial charge in [0.2, 0.25) is 0 Å². The number of nitrogens with one attached hydrogen (secondary N) is 2. The Balaban J connectivity index is 1.35. The molecule has 3 atom stereocenters. The van der Waals surface area contributed by atoms with E-state index in [9.17, 15) is 13.9 Å². The summed E-state index contributed by atoms with van der Waals surface area (Å²) in [6, 6.07) is 39.5. The summed E-state index contributed by atoms with van der Waals surface area (Å²) in [6.45, 7) is 8.15. The first-order valence-electron chi connectivity index (χ1n) is 17.6. The maximum absolute atomic E-state index is 14.4. The first kappa shape index (κ1) is 36.9. The number of nitrogens with zero attached hydrogens (tertiary/aromatic N) is 3. The van der Waals surface area contributed by atoms with Crippen LogP contribution < -0.4 is 10.7 Å². The highest BCUT2D eigenvalue weighted by molar-refractivity contribution is 7.98. The first-order chi connectivity index (χ1) is 25.3. The van der Waals surface area contributed by atoms with Crippen molar-refractivity contribution in [2.24, 2.45) is 10.1 Å². The van der Waals surface area contributed by atoms with Gasteiger partial charge in [-0.25, -0.2) is 8.78 Å². The van der Waals surface area contributed by atoms with Crippen LogP contribution in [0.25, 0.3) is 0 Å². The van der Waals surface area contributed by atoms with Crippen molar-refractivity contribution in [2.75, 3.05) is 12.3 Å². The molecule has 0 aromatic heterocycles. The van der Waals surface area contributed by atoms with Crippen LogP contribution in [-0.2, 0) is 24.1 Å². The van der Waals surface area contributed by atoms with E-state index >= 15 is 0 Å². The van der Waals surface area contributed by atoms with Crippen molar-refractivity contribution in [3.63, 3.8) is 0 Å². The van der Waals surface area contributed by atoms with Gasteiger partial charge >= 0.3 is 0 Å². The molecule has 0 saturated heterocycles. The summed E-state index contributed by atoms with van der Waals surface area (Å²) in [6.07, 6.45) is 0.0645. The second-order valence-corrected chi connectivity index (χ2v) is 14.1. The number of hydrazine groups is 1. The lowest BCUT2D eigenvalue weighted by Crippen LogP contribution is -2.53. The Bertz CT molecular complexity index is 1840. The zero-order valence-corrected chi connectivity index (χ0v) is 30.4. The third-order valence-corrected chi connectivity index (χ3v) is 10.7. The second kappa shape index (κ2) is 17.1. The highest BCUT2D eigenvalue weighted by Gasteiger charge is 2.43. The van der Waals surface area contributed by atoms with E-state index in [1.165, 1.54) is 28.8 Å². The van der Waals surface area contributed by atoms with Crippen LogP contribution in [0.15, 0.2) is 137 Å². The maximum atomic E-state index is 14.4. The molecule has 1 aliphatic rings. The normalized spacial score (nSPS) is 15.7. The first-order valence-corrected chi connectivity index (χ1v) is 18.8. The average Bonchev–Trinajstić information content (AvgIpc) is 3.17. The molecule has 1 heterocycles. The standard InChI is InChI=1S/C43H45F2N5OS/c1-4-31-20-21-33-28-52-29-41(39(33)24-31)47-27-42(51)40(25-32-22-37(44)26-38(45)23-32)48-30(2)49-50(46-3)43(34-14-8-5-9-15-34,35-16-10-6-11-17-35)36-18-12-7-13-19-36/h5-24,26,40-42,47,51H,3-4,25,27-29H2,1-2H3,(H,48,49). The maximum Gasteiger partial charge on any atom is 0.155 e. The molecular formula is C43H45F2N5OS. The summed E-state index contributed by atoms with van der Waals surface area (Å²) in [7, 11) is 0. The molecule has 0 saturated carbocycles. The number of thioether (sulfide) groups is 1. The van der Waals surface area contributed by atoms with Gasteiger partial charge in [0, 0.05) is 36.9 Å². The van der Waals surface area contributed by atoms with E-state index < -0.39 is 29.3 Å². The van der Waals surface area contributed by atoms with E-state index in [0.29, 0.717) is 11.4 Å². The van der Waals surface area contributed by atoms with Crippen LogP contribution in [0, 0.1) is 11.6 Å². The minimum absolute atomic E-state index is 0.0501. The van der Waals surface area contributed by atoms with E-state index in [1.807, 2.05) is 103 Å². The van der Waals surface area contributed by atoms with E-state index in [2.05, 4.69) is 47.7 Å². The molecule has 0 amide bonds. The largest absolute Gasteiger partial charge is 0.390 e. The summed E-state index contributed by atoms with van der Waals surface area (Å²) >= 11 is 1.85. The van der Waals surface area contributed by atoms with Crippen LogP contribution >= 0.6 is 11.8 Å². The lowest BCUT2D eigenvalue weighted by molar-refractivity contribution is 0.125. The van der Waals surface area contributed by atoms with Crippen LogP contribution in [0.2, 0.25) is 0 Å². The molecule has 268 valence electrons. The number of amidine groups is 1. The molecular weight excluding hydrogens is 673 g/mol. The number of aliphatic hydroxyl groups excluding tert-OH is 1. The monoisotopic (exact) mass is 717 g/mol. The van der Waals surface area contributed by atoms with Crippen molar-refractivity contribution in [1.29, 1.82) is 0 Å². The van der Waals surface area contributed by atoms with Gasteiger partial charge in [0.25, 0.3) is 0 Å². The quantitative estimate of drug-likeness (QED) is 0.0468. The third kappa shape index (κ3) is 8.28. The number of hydrazone groups is 1. The summed E-state index contributed by atoms with van der Waals surface area (Å²) in [5, 5.41) is 21.6. The minimum Gasteiger partial charge on any atom is -0.390 e. The van der Waals surface area contributed by atoms with Crippen molar-refractivity contribution in [1.82, 2.24) is 15.9 Å². The number of aliphatic imine (C=N–C) groups is 1. The number of fused-ring (bicyclic) bond motifs is 1. The molecule has 3 N–H and O–H groups in total. The Morgan fingerprint density at radius 1 is 0.865 bits per heavy atom. The Kier molecular flexibility index (Phi) is 12.2. The lowest BCUT2D eigenvalue weighted by atomic mass is 9.77. The molecule has 5 aromatic rings. The van der Waals surface area contributed by atoms with Crippen LogP contribution in [0.3, 0.4) is 0 Å². The van der Waals surface area contributed by atoms with E-state index in [1.54, 1.807) is 12.0 Å². The van der Waals surface area contributed by atoms with Gasteiger partial charge in [-0.2, -0.15) is 22.0 Å². The second-order valence-electron chi connectivity index (χ2n) is 13.1. The molecule has 9 heteroatoms. The van der Waals surface area contributed by atoms with Crippen molar-refractivity contribution in [2.45, 2.75) is 56.2 Å². The van der Waals surface area contributed by atoms with Crippen LogP contribution in [0.1, 0.15) is 58.8 Å².